The van der Waals surface area contributed by atoms with E-state index in [1.54, 1.807) is 27.7 Å². The molecule has 1 rings (SSSR count). The molecule has 0 aliphatic carbocycles. The summed E-state index contributed by atoms with van der Waals surface area (Å²) in [4.78, 5) is 23.5. The van der Waals surface area contributed by atoms with E-state index in [4.69, 9.17) is 14.2 Å². The lowest BCUT2D eigenvalue weighted by molar-refractivity contribution is -0.152. The number of amides is 1. The Morgan fingerprint density at radius 1 is 1.37 bits per heavy atom. The molecule has 0 unspecified atom stereocenters. The van der Waals surface area contributed by atoms with Crippen LogP contribution in [0.5, 0.6) is 0 Å². The number of carbonyl (C=O) groups is 2. The van der Waals surface area contributed by atoms with Gasteiger partial charge in [0.25, 0.3) is 0 Å². The van der Waals surface area contributed by atoms with Gasteiger partial charge in [0.15, 0.2) is 0 Å². The van der Waals surface area contributed by atoms with Crippen LogP contribution in [0.4, 0.5) is 4.79 Å². The van der Waals surface area contributed by atoms with E-state index < -0.39 is 17.7 Å². The normalized spacial score (nSPS) is 23.6. The van der Waals surface area contributed by atoms with Gasteiger partial charge in [-0.1, -0.05) is 0 Å². The van der Waals surface area contributed by atoms with Gasteiger partial charge in [0.05, 0.1) is 25.2 Å². The van der Waals surface area contributed by atoms with Gasteiger partial charge in [-0.3, -0.25) is 4.79 Å². The largest absolute Gasteiger partial charge is 0.466 e. The Hall–Kier alpha value is -1.30. The number of nitrogens with one attached hydrogen (secondary N) is 1. The van der Waals surface area contributed by atoms with E-state index in [1.165, 1.54) is 0 Å². The molecule has 19 heavy (non-hydrogen) atoms. The van der Waals surface area contributed by atoms with Gasteiger partial charge >= 0.3 is 12.1 Å². The summed E-state index contributed by atoms with van der Waals surface area (Å²) in [5.41, 5.74) is -0.570. The van der Waals surface area contributed by atoms with E-state index in [0.29, 0.717) is 26.2 Å². The summed E-state index contributed by atoms with van der Waals surface area (Å²) >= 11 is 0. The molecular weight excluding hydrogens is 250 g/mol. The SMILES string of the molecule is CCOC(=O)[C@H]1CCOC[C@H]1NC(=O)OC(C)(C)C. The third-order valence-electron chi connectivity index (χ3n) is 2.65. The van der Waals surface area contributed by atoms with Crippen LogP contribution in [0.3, 0.4) is 0 Å². The lowest BCUT2D eigenvalue weighted by atomic mass is 9.95. The smallest absolute Gasteiger partial charge is 0.407 e. The lowest BCUT2D eigenvalue weighted by Crippen LogP contribution is -2.50. The van der Waals surface area contributed by atoms with Crippen LogP contribution in [0, 0.1) is 5.92 Å². The zero-order chi connectivity index (χ0) is 14.5. The van der Waals surface area contributed by atoms with Crippen molar-refractivity contribution in [2.45, 2.75) is 45.8 Å². The van der Waals surface area contributed by atoms with Gasteiger partial charge in [0.1, 0.15) is 5.60 Å². The molecule has 0 aromatic rings. The topological polar surface area (TPSA) is 73.9 Å². The summed E-state index contributed by atoms with van der Waals surface area (Å²) in [6.07, 6.45) is -0.00320. The zero-order valence-corrected chi connectivity index (χ0v) is 12.0. The second kappa shape index (κ2) is 6.75. The second-order valence-electron chi connectivity index (χ2n) is 5.47. The first-order valence-electron chi connectivity index (χ1n) is 6.57. The predicted octanol–water partition coefficient (Wildman–Crippen LogP) is 1.48. The average molecular weight is 273 g/mol. The van der Waals surface area contributed by atoms with E-state index in [2.05, 4.69) is 5.32 Å². The Bertz CT molecular complexity index is 323. The van der Waals surface area contributed by atoms with E-state index in [-0.39, 0.29) is 11.9 Å². The van der Waals surface area contributed by atoms with E-state index in [9.17, 15) is 9.59 Å². The molecule has 1 aliphatic rings. The molecule has 0 bridgehead atoms. The van der Waals surface area contributed by atoms with Crippen LogP contribution >= 0.6 is 0 Å². The molecule has 6 heteroatoms. The summed E-state index contributed by atoms with van der Waals surface area (Å²) in [5, 5.41) is 2.68. The molecule has 0 radical (unpaired) electrons. The molecule has 1 saturated heterocycles. The Kier molecular flexibility index (Phi) is 5.60. The number of carbonyl (C=O) groups excluding carboxylic acids is 2. The summed E-state index contributed by atoms with van der Waals surface area (Å²) in [7, 11) is 0. The first kappa shape index (κ1) is 15.8. The molecule has 0 spiro atoms. The fourth-order valence-electron chi connectivity index (χ4n) is 1.87. The standard InChI is InChI=1S/C13H23NO5/c1-5-18-11(15)9-6-7-17-8-10(9)14-12(16)19-13(2,3)4/h9-10H,5-8H2,1-4H3,(H,14,16)/t9-,10+/m0/s1. The van der Waals surface area contributed by atoms with Crippen LogP contribution in [0.1, 0.15) is 34.1 Å². The Morgan fingerprint density at radius 2 is 2.05 bits per heavy atom. The maximum Gasteiger partial charge on any atom is 0.407 e. The van der Waals surface area contributed by atoms with Crippen molar-refractivity contribution in [3.05, 3.63) is 0 Å². The Labute approximate surface area is 113 Å². The highest BCUT2D eigenvalue weighted by Crippen LogP contribution is 2.18. The minimum Gasteiger partial charge on any atom is -0.466 e. The third kappa shape index (κ3) is 5.46. The number of ether oxygens (including phenoxy) is 3. The van der Waals surface area contributed by atoms with E-state index in [1.807, 2.05) is 0 Å². The maximum atomic E-state index is 11.8. The van der Waals surface area contributed by atoms with Crippen molar-refractivity contribution >= 4 is 12.1 Å². The second-order valence-corrected chi connectivity index (χ2v) is 5.47. The summed E-state index contributed by atoms with van der Waals surface area (Å²) in [6, 6.07) is -0.400. The van der Waals surface area contributed by atoms with Crippen molar-refractivity contribution in [3.8, 4) is 0 Å². The van der Waals surface area contributed by atoms with Crippen LogP contribution in [-0.4, -0.2) is 43.5 Å². The summed E-state index contributed by atoms with van der Waals surface area (Å²) in [6.45, 7) is 8.23. The highest BCUT2D eigenvalue weighted by molar-refractivity contribution is 5.75. The molecule has 1 fully saturated rings. The van der Waals surface area contributed by atoms with Crippen molar-refractivity contribution in [3.63, 3.8) is 0 Å². The number of hydrogen-bond acceptors (Lipinski definition) is 5. The van der Waals surface area contributed by atoms with Gasteiger partial charge in [-0.2, -0.15) is 0 Å². The Balaban J connectivity index is 2.57. The number of hydrogen-bond donors (Lipinski definition) is 1. The van der Waals surface area contributed by atoms with Crippen molar-refractivity contribution < 1.29 is 23.8 Å². The average Bonchev–Trinajstić information content (AvgIpc) is 2.27. The highest BCUT2D eigenvalue weighted by Gasteiger charge is 2.34. The molecule has 2 atom stereocenters. The monoisotopic (exact) mass is 273 g/mol. The first-order chi connectivity index (χ1) is 8.83. The molecule has 1 aliphatic heterocycles. The molecule has 110 valence electrons. The third-order valence-corrected chi connectivity index (χ3v) is 2.65. The van der Waals surface area contributed by atoms with Gasteiger partial charge < -0.3 is 19.5 Å². The molecule has 0 saturated carbocycles. The minimum absolute atomic E-state index is 0.294. The highest BCUT2D eigenvalue weighted by atomic mass is 16.6. The van der Waals surface area contributed by atoms with Crippen LogP contribution in [-0.2, 0) is 19.0 Å². The van der Waals surface area contributed by atoms with Crippen molar-refractivity contribution in [1.82, 2.24) is 5.32 Å². The van der Waals surface area contributed by atoms with Gasteiger partial charge in [-0.05, 0) is 34.1 Å². The fourth-order valence-corrected chi connectivity index (χ4v) is 1.87. The molecule has 0 aromatic heterocycles. The maximum absolute atomic E-state index is 11.8. The van der Waals surface area contributed by atoms with Gasteiger partial charge in [0.2, 0.25) is 0 Å². The number of alkyl carbamates (subject to hydrolysis) is 1. The van der Waals surface area contributed by atoms with Crippen molar-refractivity contribution in [2.24, 2.45) is 5.92 Å². The lowest BCUT2D eigenvalue weighted by Gasteiger charge is -2.31. The van der Waals surface area contributed by atoms with Crippen LogP contribution < -0.4 is 5.32 Å². The van der Waals surface area contributed by atoms with Crippen molar-refractivity contribution in [2.75, 3.05) is 19.8 Å². The zero-order valence-electron chi connectivity index (χ0n) is 12.0. The molecule has 0 aromatic carbocycles. The van der Waals surface area contributed by atoms with E-state index in [0.717, 1.165) is 0 Å². The molecule has 1 heterocycles. The fraction of sp³-hybridized carbons (Fsp3) is 0.846. The van der Waals surface area contributed by atoms with Crippen LogP contribution in [0.25, 0.3) is 0 Å². The molecule has 1 amide bonds. The number of rotatable bonds is 3. The van der Waals surface area contributed by atoms with Gasteiger partial charge in [0, 0.05) is 6.61 Å². The summed E-state index contributed by atoms with van der Waals surface area (Å²) in [5.74, 6) is -0.673. The minimum atomic E-state index is -0.570. The van der Waals surface area contributed by atoms with Gasteiger partial charge in [-0.25, -0.2) is 4.79 Å². The molecule has 6 nitrogen and oxygen atoms in total. The van der Waals surface area contributed by atoms with E-state index >= 15 is 0 Å². The molecular formula is C13H23NO5. The van der Waals surface area contributed by atoms with Crippen LogP contribution in [0.15, 0.2) is 0 Å². The van der Waals surface area contributed by atoms with Crippen LogP contribution in [0.2, 0.25) is 0 Å². The first-order valence-corrected chi connectivity index (χ1v) is 6.57. The Morgan fingerprint density at radius 3 is 2.63 bits per heavy atom. The summed E-state index contributed by atoms with van der Waals surface area (Å²) < 4.78 is 15.5. The quantitative estimate of drug-likeness (QED) is 0.788. The van der Waals surface area contributed by atoms with Gasteiger partial charge in [-0.15, -0.1) is 0 Å². The predicted molar refractivity (Wildman–Crippen MR) is 68.7 cm³/mol. The van der Waals surface area contributed by atoms with Crippen molar-refractivity contribution in [1.29, 1.82) is 0 Å². The molecule has 1 N–H and O–H groups in total. The number of esters is 1.